The van der Waals surface area contributed by atoms with Crippen LogP contribution in [0.2, 0.25) is 0 Å². The number of esters is 1. The molecule has 0 radical (unpaired) electrons. The molecule has 6 nitrogen and oxygen atoms in total. The van der Waals surface area contributed by atoms with Crippen LogP contribution in [0.5, 0.6) is 0 Å². The smallest absolute Gasteiger partial charge is 0.328 e. The molecule has 0 atom stereocenters. The monoisotopic (exact) mass is 274 g/mol. The topological polar surface area (TPSA) is 83.0 Å². The number of benzene rings is 1. The molecule has 106 valence electrons. The number of aromatic nitrogens is 3. The zero-order chi connectivity index (χ0) is 14.7. The van der Waals surface area contributed by atoms with Gasteiger partial charge in [0.1, 0.15) is 19.5 Å². The Hall–Kier alpha value is -2.37. The normalized spacial score (nSPS) is 10.6. The molecule has 0 saturated carbocycles. The number of rotatable bonds is 4. The minimum Gasteiger partial charge on any atom is -0.459 e. The number of hydrogen-bond acceptors (Lipinski definition) is 5. The lowest BCUT2D eigenvalue weighted by Crippen LogP contribution is -2.14. The molecule has 0 aliphatic rings. The quantitative estimate of drug-likeness (QED) is 0.855. The summed E-state index contributed by atoms with van der Waals surface area (Å²) in [5.41, 5.74) is 9.87. The first-order chi connectivity index (χ1) is 9.45. The minimum atomic E-state index is -0.366. The molecule has 0 unspecified atom stereocenters. The number of hydrogen-bond donors (Lipinski definition) is 1. The average Bonchev–Trinajstić information content (AvgIpc) is 2.73. The van der Waals surface area contributed by atoms with Gasteiger partial charge in [-0.15, -0.1) is 5.10 Å². The van der Waals surface area contributed by atoms with Crippen molar-refractivity contribution in [2.24, 2.45) is 0 Å². The van der Waals surface area contributed by atoms with Crippen molar-refractivity contribution in [1.29, 1.82) is 0 Å². The largest absolute Gasteiger partial charge is 0.459 e. The van der Waals surface area contributed by atoms with Crippen molar-refractivity contribution in [3.8, 4) is 0 Å². The molecular weight excluding hydrogens is 256 g/mol. The van der Waals surface area contributed by atoms with E-state index < -0.39 is 0 Å². The van der Waals surface area contributed by atoms with Crippen LogP contribution in [-0.2, 0) is 22.7 Å². The third kappa shape index (κ3) is 3.34. The third-order valence-electron chi connectivity index (χ3n) is 3.06. The van der Waals surface area contributed by atoms with Gasteiger partial charge in [-0.3, -0.25) is 4.79 Å². The van der Waals surface area contributed by atoms with Crippen LogP contribution in [0.3, 0.4) is 0 Å². The molecule has 0 aliphatic carbocycles. The summed E-state index contributed by atoms with van der Waals surface area (Å²) in [4.78, 5) is 15.5. The van der Waals surface area contributed by atoms with E-state index in [1.807, 2.05) is 20.8 Å². The lowest BCUT2D eigenvalue weighted by atomic mass is 10.0. The van der Waals surface area contributed by atoms with Crippen molar-refractivity contribution in [2.75, 3.05) is 5.73 Å². The summed E-state index contributed by atoms with van der Waals surface area (Å²) in [5, 5.41) is 3.83. The molecule has 2 aromatic rings. The van der Waals surface area contributed by atoms with E-state index in [2.05, 4.69) is 22.2 Å². The van der Waals surface area contributed by atoms with Gasteiger partial charge in [0.25, 0.3) is 0 Å². The number of nitrogens with two attached hydrogens (primary N) is 1. The van der Waals surface area contributed by atoms with E-state index >= 15 is 0 Å². The lowest BCUT2D eigenvalue weighted by molar-refractivity contribution is -0.145. The first-order valence-electron chi connectivity index (χ1n) is 6.33. The van der Waals surface area contributed by atoms with Crippen LogP contribution in [0.25, 0.3) is 0 Å². The molecule has 0 aliphatic heterocycles. The summed E-state index contributed by atoms with van der Waals surface area (Å²) in [5.74, 6) is -0.225. The molecule has 1 aromatic heterocycles. The molecule has 6 heteroatoms. The molecule has 0 spiro atoms. The van der Waals surface area contributed by atoms with Crippen LogP contribution in [0.1, 0.15) is 22.3 Å². The van der Waals surface area contributed by atoms with Crippen molar-refractivity contribution in [3.05, 3.63) is 40.7 Å². The Balaban J connectivity index is 1.97. The van der Waals surface area contributed by atoms with Gasteiger partial charge < -0.3 is 10.5 Å². The zero-order valence-electron chi connectivity index (χ0n) is 11.9. The summed E-state index contributed by atoms with van der Waals surface area (Å²) in [6.45, 7) is 6.35. The average molecular weight is 274 g/mol. The van der Waals surface area contributed by atoms with E-state index in [0.29, 0.717) is 0 Å². The molecule has 20 heavy (non-hydrogen) atoms. The van der Waals surface area contributed by atoms with E-state index in [1.165, 1.54) is 16.6 Å². The summed E-state index contributed by atoms with van der Waals surface area (Å²) in [7, 11) is 0. The van der Waals surface area contributed by atoms with Crippen LogP contribution < -0.4 is 5.73 Å². The second kappa shape index (κ2) is 5.73. The summed E-state index contributed by atoms with van der Waals surface area (Å²) < 4.78 is 6.63. The Labute approximate surface area is 117 Å². The van der Waals surface area contributed by atoms with Crippen LogP contribution in [-0.4, -0.2) is 20.7 Å². The molecule has 0 amide bonds. The van der Waals surface area contributed by atoms with Crippen molar-refractivity contribution in [1.82, 2.24) is 14.8 Å². The van der Waals surface area contributed by atoms with Gasteiger partial charge in [0, 0.05) is 0 Å². The highest BCUT2D eigenvalue weighted by Gasteiger charge is 2.09. The number of nitrogens with zero attached hydrogens (tertiary/aromatic N) is 3. The van der Waals surface area contributed by atoms with Crippen molar-refractivity contribution in [3.63, 3.8) is 0 Å². The van der Waals surface area contributed by atoms with Crippen LogP contribution in [0.4, 0.5) is 5.95 Å². The van der Waals surface area contributed by atoms with Crippen molar-refractivity contribution < 1.29 is 9.53 Å². The predicted molar refractivity (Wildman–Crippen MR) is 74.9 cm³/mol. The van der Waals surface area contributed by atoms with E-state index in [-0.39, 0.29) is 25.1 Å². The van der Waals surface area contributed by atoms with Gasteiger partial charge in [-0.2, -0.15) is 0 Å². The molecule has 0 bridgehead atoms. The molecule has 1 aromatic carbocycles. The molecule has 2 rings (SSSR count). The number of anilines is 1. The van der Waals surface area contributed by atoms with Gasteiger partial charge in [-0.05, 0) is 37.5 Å². The van der Waals surface area contributed by atoms with Crippen molar-refractivity contribution in [2.45, 2.75) is 33.9 Å². The van der Waals surface area contributed by atoms with Gasteiger partial charge in [0.2, 0.25) is 5.95 Å². The highest BCUT2D eigenvalue weighted by Crippen LogP contribution is 2.17. The Morgan fingerprint density at radius 1 is 1.30 bits per heavy atom. The van der Waals surface area contributed by atoms with E-state index in [4.69, 9.17) is 10.5 Å². The van der Waals surface area contributed by atoms with Gasteiger partial charge in [0.15, 0.2) is 0 Å². The van der Waals surface area contributed by atoms with Crippen LogP contribution in [0, 0.1) is 20.8 Å². The molecule has 1 heterocycles. The van der Waals surface area contributed by atoms with Gasteiger partial charge in [-0.1, -0.05) is 17.7 Å². The fraction of sp³-hybridized carbons (Fsp3) is 0.357. The van der Waals surface area contributed by atoms with Gasteiger partial charge in [-0.25, -0.2) is 9.67 Å². The fourth-order valence-electron chi connectivity index (χ4n) is 2.15. The van der Waals surface area contributed by atoms with Gasteiger partial charge in [0.05, 0.1) is 0 Å². The van der Waals surface area contributed by atoms with E-state index in [0.717, 1.165) is 16.7 Å². The highest BCUT2D eigenvalue weighted by atomic mass is 16.5. The Kier molecular flexibility index (Phi) is 4.02. The maximum absolute atomic E-state index is 11.7. The summed E-state index contributed by atoms with van der Waals surface area (Å²) in [6.07, 6.45) is 1.40. The number of nitrogen functional groups attached to an aromatic ring is 1. The summed E-state index contributed by atoms with van der Waals surface area (Å²) >= 11 is 0. The fourth-order valence-corrected chi connectivity index (χ4v) is 2.15. The second-order valence-electron chi connectivity index (χ2n) is 4.84. The maximum atomic E-state index is 11.7. The SMILES string of the molecule is Cc1cc(C)c(COC(=O)Cn2cnc(N)n2)c(C)c1. The highest BCUT2D eigenvalue weighted by molar-refractivity contribution is 5.69. The van der Waals surface area contributed by atoms with Gasteiger partial charge >= 0.3 is 5.97 Å². The molecule has 0 fully saturated rings. The van der Waals surface area contributed by atoms with E-state index in [1.54, 1.807) is 0 Å². The minimum absolute atomic E-state index is 0.00809. The predicted octanol–water partition coefficient (Wildman–Crippen LogP) is 1.53. The third-order valence-corrected chi connectivity index (χ3v) is 3.06. The molecular formula is C14H18N4O2. The Morgan fingerprint density at radius 2 is 1.95 bits per heavy atom. The maximum Gasteiger partial charge on any atom is 0.328 e. The van der Waals surface area contributed by atoms with Crippen molar-refractivity contribution >= 4 is 11.9 Å². The standard InChI is InChI=1S/C14H18N4O2/c1-9-4-10(2)12(11(3)5-9)7-20-13(19)6-18-8-16-14(15)17-18/h4-5,8H,6-7H2,1-3H3,(H2,15,17). The van der Waals surface area contributed by atoms with E-state index in [9.17, 15) is 4.79 Å². The van der Waals surface area contributed by atoms with Crippen LogP contribution in [0.15, 0.2) is 18.5 Å². The molecule has 2 N–H and O–H groups in total. The zero-order valence-corrected chi connectivity index (χ0v) is 11.9. The second-order valence-corrected chi connectivity index (χ2v) is 4.84. The molecule has 0 saturated heterocycles. The lowest BCUT2D eigenvalue weighted by Gasteiger charge is -2.11. The first kappa shape index (κ1) is 14.0. The summed E-state index contributed by atoms with van der Waals surface area (Å²) in [6, 6.07) is 4.16. The number of carbonyl (C=O) groups is 1. The number of carbonyl (C=O) groups excluding carboxylic acids is 1. The van der Waals surface area contributed by atoms with Crippen LogP contribution >= 0.6 is 0 Å². The Morgan fingerprint density at radius 3 is 2.50 bits per heavy atom. The number of ether oxygens (including phenoxy) is 1. The Bertz CT molecular complexity index is 611. The number of aryl methyl sites for hydroxylation is 3. The first-order valence-corrected chi connectivity index (χ1v) is 6.33.